The van der Waals surface area contributed by atoms with E-state index < -0.39 is 11.6 Å². The average Bonchev–Trinajstić information content (AvgIpc) is 2.87. The Balaban J connectivity index is 0.00000631. The monoisotopic (exact) mass is 534 g/mol. The lowest BCUT2D eigenvalue weighted by Gasteiger charge is -2.31. The van der Waals surface area contributed by atoms with Gasteiger partial charge < -0.3 is 10.0 Å². The molecule has 206 valence electrons. The van der Waals surface area contributed by atoms with Crippen LogP contribution in [0.2, 0.25) is 5.02 Å². The molecule has 0 aliphatic heterocycles. The lowest BCUT2D eigenvalue weighted by atomic mass is 9.92. The highest BCUT2D eigenvalue weighted by Gasteiger charge is 2.26. The van der Waals surface area contributed by atoms with Gasteiger partial charge in [0, 0.05) is 30.7 Å². The van der Waals surface area contributed by atoms with Gasteiger partial charge in [-0.1, -0.05) is 80.1 Å². The predicted octanol–water partition coefficient (Wildman–Crippen LogP) is 7.91. The third kappa shape index (κ3) is 14.1. The summed E-state index contributed by atoms with van der Waals surface area (Å²) in [5, 5.41) is 9.41. The highest BCUT2D eigenvalue weighted by Crippen LogP contribution is 2.28. The number of benzene rings is 1. The van der Waals surface area contributed by atoms with E-state index in [1.165, 1.54) is 6.08 Å². The van der Waals surface area contributed by atoms with Crippen LogP contribution in [0.5, 0.6) is 0 Å². The molecule has 7 heteroatoms. The number of carbonyl (C=O) groups is 1. The Morgan fingerprint density at radius 3 is 2.57 bits per heavy atom. The van der Waals surface area contributed by atoms with Gasteiger partial charge in [0.1, 0.15) is 0 Å². The number of aliphatic carboxylic acids is 1. The molecule has 5 nitrogen and oxygen atoms in total. The van der Waals surface area contributed by atoms with Crippen LogP contribution >= 0.6 is 11.6 Å². The fourth-order valence-corrected chi connectivity index (χ4v) is 3.95. The molecule has 0 bridgehead atoms. The van der Waals surface area contributed by atoms with Gasteiger partial charge in [-0.3, -0.25) is 9.63 Å². The van der Waals surface area contributed by atoms with Crippen LogP contribution in [-0.2, 0) is 16.2 Å². The number of allylic oxidation sites excluding steroid dienone is 7. The topological polar surface area (TPSA) is 61.8 Å². The molecule has 0 aliphatic carbocycles. The molecule has 0 fully saturated rings. The lowest BCUT2D eigenvalue weighted by Crippen LogP contribution is -2.37. The molecule has 0 radical (unpaired) electrons. The van der Waals surface area contributed by atoms with Crippen molar-refractivity contribution in [3.8, 4) is 0 Å². The van der Waals surface area contributed by atoms with Crippen molar-refractivity contribution < 1.29 is 19.1 Å². The van der Waals surface area contributed by atoms with E-state index in [-0.39, 0.29) is 6.42 Å². The second kappa shape index (κ2) is 19.6. The predicted molar refractivity (Wildman–Crippen MR) is 155 cm³/mol. The molecule has 0 aliphatic rings. The lowest BCUT2D eigenvalue weighted by molar-refractivity contribution is -0.136. The van der Waals surface area contributed by atoms with Crippen LogP contribution in [0.1, 0.15) is 64.5 Å². The van der Waals surface area contributed by atoms with E-state index >= 15 is 0 Å². The van der Waals surface area contributed by atoms with Crippen molar-refractivity contribution in [1.82, 2.24) is 10.4 Å². The molecule has 1 aromatic rings. The molecule has 1 unspecified atom stereocenters. The second-order valence-corrected chi connectivity index (χ2v) is 8.97. The first-order chi connectivity index (χ1) is 17.7. The zero-order valence-corrected chi connectivity index (χ0v) is 23.9. The van der Waals surface area contributed by atoms with Crippen LogP contribution in [-0.4, -0.2) is 42.2 Å². The second-order valence-electron chi connectivity index (χ2n) is 8.57. The maximum absolute atomic E-state index is 12.4. The first kappa shape index (κ1) is 34.5. The van der Waals surface area contributed by atoms with Crippen molar-refractivity contribution in [2.45, 2.75) is 65.5 Å². The quantitative estimate of drug-likeness (QED) is 0.167. The van der Waals surface area contributed by atoms with Gasteiger partial charge >= 0.3 is 5.97 Å². The third-order valence-electron chi connectivity index (χ3n) is 5.67. The van der Waals surface area contributed by atoms with E-state index in [9.17, 15) is 9.18 Å². The first-order valence-electron chi connectivity index (χ1n) is 12.6. The summed E-state index contributed by atoms with van der Waals surface area (Å²) < 4.78 is 12.4. The number of nitrogens with zero attached hydrogens (tertiary/aromatic N) is 1. The first-order valence-corrected chi connectivity index (χ1v) is 13.0. The molecule has 0 heterocycles. The van der Waals surface area contributed by atoms with Crippen LogP contribution in [0.15, 0.2) is 73.1 Å². The Bertz CT molecular complexity index is 956. The summed E-state index contributed by atoms with van der Waals surface area (Å²) >= 11 is 6.50. The molecule has 0 aromatic heterocycles. The van der Waals surface area contributed by atoms with E-state index in [1.807, 2.05) is 51.1 Å². The van der Waals surface area contributed by atoms with Gasteiger partial charge in [-0.05, 0) is 63.4 Å². The van der Waals surface area contributed by atoms with Gasteiger partial charge in [-0.25, -0.2) is 9.87 Å². The SMILES string of the molecule is C=C/C(=C\C=C\F)c1ccc(CN(C)CCC(C)(CCC(/C=C\CC(=O)O)=C/C)ONC)cc1Cl.CC. The maximum Gasteiger partial charge on any atom is 0.307 e. The minimum Gasteiger partial charge on any atom is -0.481 e. The minimum atomic E-state index is -0.842. The molecule has 0 amide bonds. The van der Waals surface area contributed by atoms with Gasteiger partial charge in [0.25, 0.3) is 0 Å². The molecule has 1 rings (SSSR count). The smallest absolute Gasteiger partial charge is 0.307 e. The molecule has 2 N–H and O–H groups in total. The summed E-state index contributed by atoms with van der Waals surface area (Å²) in [5.74, 6) is -0.842. The minimum absolute atomic E-state index is 0.0112. The molecular weight excluding hydrogens is 491 g/mol. The average molecular weight is 535 g/mol. The molecule has 1 atom stereocenters. The highest BCUT2D eigenvalue weighted by atomic mass is 35.5. The number of carboxylic acids is 1. The van der Waals surface area contributed by atoms with Gasteiger partial charge in [0.2, 0.25) is 0 Å². The Morgan fingerprint density at radius 2 is 2.03 bits per heavy atom. The molecule has 0 saturated carbocycles. The molecule has 37 heavy (non-hydrogen) atoms. The van der Waals surface area contributed by atoms with Crippen molar-refractivity contribution in [1.29, 1.82) is 0 Å². The van der Waals surface area contributed by atoms with E-state index in [0.29, 0.717) is 17.9 Å². The summed E-state index contributed by atoms with van der Waals surface area (Å²) in [7, 11) is 3.80. The Morgan fingerprint density at radius 1 is 1.32 bits per heavy atom. The standard InChI is InChI=1S/C28H38ClFN2O3.C2H6/c1-6-22(10-8-12-27(33)34)15-16-28(3,35-31-4)17-19-32(5)21-23-13-14-25(26(29)20-23)24(7-2)11-9-18-30;1-2/h6-11,13-14,18,20,31H,2,12,15-17,19,21H2,1,3-5H3,(H,33,34);1-2H3/b10-8-,18-9+,22-6+,24-11+;. The van der Waals surface area contributed by atoms with Crippen molar-refractivity contribution in [3.05, 3.63) is 89.3 Å². The van der Waals surface area contributed by atoms with E-state index in [0.717, 1.165) is 48.1 Å². The summed E-state index contributed by atoms with van der Waals surface area (Å²) in [6.45, 7) is 13.3. The van der Waals surface area contributed by atoms with Crippen LogP contribution < -0.4 is 5.48 Å². The van der Waals surface area contributed by atoms with Gasteiger partial charge in [0.15, 0.2) is 0 Å². The van der Waals surface area contributed by atoms with Crippen LogP contribution in [0.25, 0.3) is 5.57 Å². The third-order valence-corrected chi connectivity index (χ3v) is 5.99. The van der Waals surface area contributed by atoms with Gasteiger partial charge in [0.05, 0.1) is 18.4 Å². The number of nitrogens with one attached hydrogen (secondary N) is 1. The molecule has 0 spiro atoms. The van der Waals surface area contributed by atoms with E-state index in [4.69, 9.17) is 21.5 Å². The van der Waals surface area contributed by atoms with Crippen molar-refractivity contribution in [2.24, 2.45) is 0 Å². The van der Waals surface area contributed by atoms with Gasteiger partial charge in [-0.2, -0.15) is 0 Å². The van der Waals surface area contributed by atoms with E-state index in [2.05, 4.69) is 30.9 Å². The number of hydrogen-bond acceptors (Lipinski definition) is 4. The summed E-state index contributed by atoms with van der Waals surface area (Å²) in [4.78, 5) is 18.8. The van der Waals surface area contributed by atoms with Crippen LogP contribution in [0.3, 0.4) is 0 Å². The fraction of sp³-hybridized carbons (Fsp3) is 0.433. The largest absolute Gasteiger partial charge is 0.481 e. The molecule has 1 aromatic carbocycles. The number of hydrogen-bond donors (Lipinski definition) is 2. The number of rotatable bonds is 16. The molecular formula is C30H44ClFN2O3. The Labute approximate surface area is 228 Å². The van der Waals surface area contributed by atoms with Crippen molar-refractivity contribution in [2.75, 3.05) is 20.6 Å². The highest BCUT2D eigenvalue weighted by molar-refractivity contribution is 6.32. The summed E-state index contributed by atoms with van der Waals surface area (Å²) in [6, 6.07) is 5.87. The number of carboxylic acid groups (broad SMARTS) is 1. The van der Waals surface area contributed by atoms with E-state index in [1.54, 1.807) is 25.3 Å². The maximum atomic E-state index is 12.4. The Hall–Kier alpha value is -2.51. The Kier molecular flexibility index (Phi) is 18.3. The van der Waals surface area contributed by atoms with Crippen LogP contribution in [0, 0.1) is 0 Å². The zero-order chi connectivity index (χ0) is 28.3. The van der Waals surface area contributed by atoms with Crippen LogP contribution in [0.4, 0.5) is 4.39 Å². The van der Waals surface area contributed by atoms with Crippen molar-refractivity contribution >= 4 is 23.1 Å². The van der Waals surface area contributed by atoms with Crippen molar-refractivity contribution in [3.63, 3.8) is 0 Å². The summed E-state index contributed by atoms with van der Waals surface area (Å²) in [5.41, 5.74) is 6.14. The summed E-state index contributed by atoms with van der Waals surface area (Å²) in [6.07, 6.45) is 13.0. The number of hydroxylamine groups is 1. The molecule has 0 saturated heterocycles. The zero-order valence-electron chi connectivity index (χ0n) is 23.2. The van der Waals surface area contributed by atoms with Gasteiger partial charge in [-0.15, -0.1) is 0 Å². The normalized spacial score (nSPS) is 14.1. The number of halogens is 2. The fourth-order valence-electron chi connectivity index (χ4n) is 3.63.